The fraction of sp³-hybridized carbons (Fsp3) is 0.833. The molecule has 0 aromatic heterocycles. The van der Waals surface area contributed by atoms with Crippen LogP contribution in [0.5, 0.6) is 0 Å². The van der Waals surface area contributed by atoms with Gasteiger partial charge in [-0.3, -0.25) is 4.79 Å². The summed E-state index contributed by atoms with van der Waals surface area (Å²) in [5.41, 5.74) is 4.98. The highest BCUT2D eigenvalue weighted by Crippen LogP contribution is 2.14. The van der Waals surface area contributed by atoms with Gasteiger partial charge in [-0.15, -0.1) is 0 Å². The van der Waals surface area contributed by atoms with Gasteiger partial charge in [0.25, 0.3) is 10.2 Å². The summed E-state index contributed by atoms with van der Waals surface area (Å²) in [7, 11) is -3.65. The Hall–Kier alpha value is -1.43. The van der Waals surface area contributed by atoms with Gasteiger partial charge in [0.15, 0.2) is 0 Å². The van der Waals surface area contributed by atoms with E-state index in [2.05, 4.69) is 15.4 Å². The van der Waals surface area contributed by atoms with Gasteiger partial charge in [-0.25, -0.2) is 4.79 Å². The maximum Gasteiger partial charge on any atom is 0.407 e. The number of hydrogen-bond acceptors (Lipinski definition) is 6. The Bertz CT molecular complexity index is 587. The fourth-order valence-electron chi connectivity index (χ4n) is 2.30. The third-order valence-corrected chi connectivity index (χ3v) is 5.04. The van der Waals surface area contributed by atoms with Crippen molar-refractivity contribution in [2.45, 2.75) is 44.5 Å². The predicted molar refractivity (Wildman–Crippen MR) is 81.6 cm³/mol. The molecule has 3 atom stereocenters. The van der Waals surface area contributed by atoms with Crippen LogP contribution >= 0.6 is 0 Å². The van der Waals surface area contributed by atoms with E-state index >= 15 is 0 Å². The molecule has 2 saturated heterocycles. The quantitative estimate of drug-likeness (QED) is 0.426. The third kappa shape index (κ3) is 4.53. The minimum atomic E-state index is -3.65. The first-order chi connectivity index (χ1) is 10.5. The van der Waals surface area contributed by atoms with Crippen LogP contribution in [0.1, 0.15) is 20.8 Å². The Balaban J connectivity index is 1.83. The summed E-state index contributed by atoms with van der Waals surface area (Å²) in [4.78, 5) is 22.6. The van der Waals surface area contributed by atoms with Crippen molar-refractivity contribution in [3.63, 3.8) is 0 Å². The summed E-state index contributed by atoms with van der Waals surface area (Å²) >= 11 is 0. The number of alkyl carbamates (subject to hydrolysis) is 1. The first-order valence-electron chi connectivity index (χ1n) is 7.28. The van der Waals surface area contributed by atoms with Crippen LogP contribution < -0.4 is 21.1 Å². The van der Waals surface area contributed by atoms with Crippen LogP contribution in [0.25, 0.3) is 0 Å². The highest BCUT2D eigenvalue weighted by atomic mass is 32.2. The van der Waals surface area contributed by atoms with Gasteiger partial charge < -0.3 is 21.1 Å². The third-order valence-electron chi connectivity index (χ3n) is 3.44. The number of β-lactam (4-membered cyclic amide) rings is 1. The van der Waals surface area contributed by atoms with Gasteiger partial charge in [-0.05, 0) is 20.8 Å². The number of ether oxygens (including phenoxy) is 1. The second-order valence-corrected chi connectivity index (χ2v) is 8.36. The minimum absolute atomic E-state index is 0.102. The van der Waals surface area contributed by atoms with Gasteiger partial charge in [0.1, 0.15) is 11.6 Å². The molecule has 0 spiro atoms. The number of carbonyl (C=O) groups is 2. The highest BCUT2D eigenvalue weighted by molar-refractivity contribution is 7.87. The monoisotopic (exact) mass is 349 g/mol. The van der Waals surface area contributed by atoms with E-state index in [-0.39, 0.29) is 25.5 Å². The number of nitrogens with one attached hydrogen (secondary N) is 3. The maximum absolute atomic E-state index is 12.0. The van der Waals surface area contributed by atoms with E-state index in [9.17, 15) is 18.0 Å². The van der Waals surface area contributed by atoms with Gasteiger partial charge in [-0.2, -0.15) is 17.4 Å². The molecule has 2 aliphatic rings. The number of nitrogens with zero attached hydrogens (tertiary/aromatic N) is 1. The van der Waals surface area contributed by atoms with Crippen molar-refractivity contribution in [1.29, 1.82) is 0 Å². The summed E-state index contributed by atoms with van der Waals surface area (Å²) in [6.45, 7) is 5.60. The molecule has 0 aliphatic carbocycles. The zero-order valence-electron chi connectivity index (χ0n) is 13.3. The zero-order valence-corrected chi connectivity index (χ0v) is 14.1. The molecular formula is C12H23N5O5S. The molecule has 0 unspecified atom stereocenters. The Kier molecular flexibility index (Phi) is 4.85. The van der Waals surface area contributed by atoms with E-state index in [0.29, 0.717) is 0 Å². The Labute approximate surface area is 135 Å². The summed E-state index contributed by atoms with van der Waals surface area (Å²) < 4.78 is 32.8. The molecule has 11 heteroatoms. The molecule has 2 amide bonds. The SMILES string of the molecule is CC(C)(C)OC(=O)NC[C@@H]1CN(C[C@H]2NC(=O)[C@H]2N)S(=O)(=O)N1. The number of nitrogens with two attached hydrogens (primary N) is 1. The van der Waals surface area contributed by atoms with E-state index in [1.54, 1.807) is 20.8 Å². The van der Waals surface area contributed by atoms with Crippen molar-refractivity contribution in [2.24, 2.45) is 5.73 Å². The van der Waals surface area contributed by atoms with Crippen LogP contribution in [0, 0.1) is 0 Å². The molecule has 23 heavy (non-hydrogen) atoms. The highest BCUT2D eigenvalue weighted by Gasteiger charge is 2.43. The first kappa shape index (κ1) is 17.9. The van der Waals surface area contributed by atoms with Crippen molar-refractivity contribution in [3.8, 4) is 0 Å². The predicted octanol–water partition coefficient (Wildman–Crippen LogP) is -2.14. The molecule has 0 bridgehead atoms. The van der Waals surface area contributed by atoms with Crippen LogP contribution in [-0.2, 0) is 19.7 Å². The lowest BCUT2D eigenvalue weighted by atomic mass is 10.0. The summed E-state index contributed by atoms with van der Waals surface area (Å²) in [6.07, 6.45) is -0.608. The lowest BCUT2D eigenvalue weighted by Crippen LogP contribution is -2.69. The molecular weight excluding hydrogens is 326 g/mol. The smallest absolute Gasteiger partial charge is 0.407 e. The van der Waals surface area contributed by atoms with Crippen molar-refractivity contribution in [3.05, 3.63) is 0 Å². The molecule has 0 aromatic rings. The average Bonchev–Trinajstić information content (AvgIpc) is 2.68. The largest absolute Gasteiger partial charge is 0.444 e. The first-order valence-corrected chi connectivity index (χ1v) is 8.72. The molecule has 2 aliphatic heterocycles. The van der Waals surface area contributed by atoms with Crippen LogP contribution in [0.15, 0.2) is 0 Å². The second-order valence-electron chi connectivity index (χ2n) is 6.66. The van der Waals surface area contributed by atoms with E-state index in [1.807, 2.05) is 0 Å². The topological polar surface area (TPSA) is 143 Å². The molecule has 2 heterocycles. The van der Waals surface area contributed by atoms with Gasteiger partial charge in [0.05, 0.1) is 12.1 Å². The van der Waals surface area contributed by atoms with E-state index in [0.717, 1.165) is 0 Å². The van der Waals surface area contributed by atoms with Crippen molar-refractivity contribution in [2.75, 3.05) is 19.6 Å². The standard InChI is InChI=1S/C12H23N5O5S/c1-12(2,3)22-11(19)14-4-7-5-17(23(20,21)16-7)6-8-9(13)10(18)15-8/h7-9,16H,4-6,13H2,1-3H3,(H,14,19)(H,15,18)/t7-,8-,9+/m1/s1. The number of carbonyl (C=O) groups excluding carboxylic acids is 2. The van der Waals surface area contributed by atoms with E-state index in [4.69, 9.17) is 10.5 Å². The fourth-order valence-corrected chi connectivity index (χ4v) is 3.76. The Morgan fingerprint density at radius 3 is 2.65 bits per heavy atom. The van der Waals surface area contributed by atoms with Crippen molar-refractivity contribution >= 4 is 22.2 Å². The van der Waals surface area contributed by atoms with Gasteiger partial charge in [0, 0.05) is 19.6 Å². The lowest BCUT2D eigenvalue weighted by molar-refractivity contribution is -0.130. The number of rotatable bonds is 4. The van der Waals surface area contributed by atoms with Gasteiger partial charge >= 0.3 is 6.09 Å². The van der Waals surface area contributed by atoms with Crippen LogP contribution in [0.3, 0.4) is 0 Å². The summed E-state index contributed by atoms with van der Waals surface area (Å²) in [5, 5.41) is 5.09. The normalized spacial score (nSPS) is 30.4. The average molecular weight is 349 g/mol. The maximum atomic E-state index is 12.0. The van der Waals surface area contributed by atoms with E-state index in [1.165, 1.54) is 4.31 Å². The molecule has 0 radical (unpaired) electrons. The van der Waals surface area contributed by atoms with Crippen molar-refractivity contribution in [1.82, 2.24) is 19.7 Å². The molecule has 10 nitrogen and oxygen atoms in total. The van der Waals surface area contributed by atoms with E-state index < -0.39 is 40.0 Å². The molecule has 0 saturated carbocycles. The summed E-state index contributed by atoms with van der Waals surface area (Å²) in [6, 6.07) is -1.56. The van der Waals surface area contributed by atoms with Gasteiger partial charge in [0.2, 0.25) is 5.91 Å². The second kappa shape index (κ2) is 6.23. The molecule has 2 fully saturated rings. The molecule has 132 valence electrons. The minimum Gasteiger partial charge on any atom is -0.444 e. The number of hydrogen-bond donors (Lipinski definition) is 4. The lowest BCUT2D eigenvalue weighted by Gasteiger charge is -2.35. The van der Waals surface area contributed by atoms with Gasteiger partial charge in [-0.1, -0.05) is 0 Å². The molecule has 2 rings (SSSR count). The Morgan fingerprint density at radius 2 is 2.13 bits per heavy atom. The molecule has 5 N–H and O–H groups in total. The summed E-state index contributed by atoms with van der Waals surface area (Å²) in [5.74, 6) is -0.289. The Morgan fingerprint density at radius 1 is 1.48 bits per heavy atom. The van der Waals surface area contributed by atoms with Crippen LogP contribution in [0.2, 0.25) is 0 Å². The van der Waals surface area contributed by atoms with Crippen LogP contribution in [0.4, 0.5) is 4.79 Å². The number of amides is 2. The zero-order chi connectivity index (χ0) is 17.4. The molecule has 0 aromatic carbocycles. The van der Waals surface area contributed by atoms with Crippen molar-refractivity contribution < 1.29 is 22.7 Å². The van der Waals surface area contributed by atoms with Crippen LogP contribution in [-0.4, -0.2) is 68.1 Å².